The predicted molar refractivity (Wildman–Crippen MR) is 101 cm³/mol. The van der Waals surface area contributed by atoms with E-state index >= 15 is 0 Å². The van der Waals surface area contributed by atoms with E-state index in [1.807, 2.05) is 24.4 Å². The number of nitrogens with zero attached hydrogens (tertiary/aromatic N) is 2. The van der Waals surface area contributed by atoms with Crippen LogP contribution in [0.25, 0.3) is 0 Å². The highest BCUT2D eigenvalue weighted by Crippen LogP contribution is 2.26. The van der Waals surface area contributed by atoms with Crippen LogP contribution in [0, 0.1) is 5.82 Å². The van der Waals surface area contributed by atoms with E-state index in [0.29, 0.717) is 13.1 Å². The average molecular weight is 399 g/mol. The molecule has 1 heterocycles. The van der Waals surface area contributed by atoms with Gasteiger partial charge in [-0.2, -0.15) is 4.31 Å². The zero-order chi connectivity index (χ0) is 19.5. The minimum Gasteiger partial charge on any atom is -0.334 e. The first kappa shape index (κ1) is 20.5. The molecule has 0 saturated carbocycles. The summed E-state index contributed by atoms with van der Waals surface area (Å²) in [6, 6.07) is 6.90. The van der Waals surface area contributed by atoms with Crippen molar-refractivity contribution in [3.05, 3.63) is 52.0 Å². The molecule has 0 aliphatic carbocycles. The Morgan fingerprint density at radius 2 is 1.88 bits per heavy atom. The van der Waals surface area contributed by atoms with Crippen molar-refractivity contribution in [2.24, 2.45) is 0 Å². The molecule has 1 aromatic carbocycles. The Morgan fingerprint density at radius 1 is 1.23 bits per heavy atom. The van der Waals surface area contributed by atoms with E-state index in [1.54, 1.807) is 20.9 Å². The van der Waals surface area contributed by atoms with Crippen LogP contribution in [0.3, 0.4) is 0 Å². The van der Waals surface area contributed by atoms with Crippen LogP contribution in [-0.4, -0.2) is 43.7 Å². The Bertz CT molecular complexity index is 863. The molecule has 1 aromatic heterocycles. The van der Waals surface area contributed by atoms with Gasteiger partial charge in [-0.1, -0.05) is 19.9 Å². The fourth-order valence-corrected chi connectivity index (χ4v) is 4.94. The molecular weight excluding hydrogens is 375 g/mol. The van der Waals surface area contributed by atoms with E-state index in [1.165, 1.54) is 26.6 Å². The zero-order valence-electron chi connectivity index (χ0n) is 15.3. The summed E-state index contributed by atoms with van der Waals surface area (Å²) >= 11 is 1.50. The topological polar surface area (TPSA) is 57.7 Å². The fourth-order valence-electron chi connectivity index (χ4n) is 2.63. The molecule has 142 valence electrons. The molecule has 0 aliphatic heterocycles. The van der Waals surface area contributed by atoms with Crippen LogP contribution in [0.5, 0.6) is 0 Å². The van der Waals surface area contributed by atoms with E-state index in [-0.39, 0.29) is 16.5 Å². The molecule has 8 heteroatoms. The van der Waals surface area contributed by atoms with Crippen molar-refractivity contribution < 1.29 is 17.6 Å². The van der Waals surface area contributed by atoms with Crippen LogP contribution < -0.4 is 0 Å². The molecule has 0 aliphatic rings. The largest absolute Gasteiger partial charge is 0.334 e. The van der Waals surface area contributed by atoms with Crippen molar-refractivity contribution >= 4 is 27.3 Å². The number of hydrogen-bond donors (Lipinski definition) is 0. The monoisotopic (exact) mass is 398 g/mol. The summed E-state index contributed by atoms with van der Waals surface area (Å²) in [6.45, 7) is 5.90. The molecule has 1 atom stereocenters. The van der Waals surface area contributed by atoms with E-state index in [2.05, 4.69) is 0 Å². The normalized spacial score (nSPS) is 13.0. The fraction of sp³-hybridized carbons (Fsp3) is 0.389. The Kier molecular flexibility index (Phi) is 6.54. The summed E-state index contributed by atoms with van der Waals surface area (Å²) in [6.07, 6.45) is 0. The van der Waals surface area contributed by atoms with Crippen LogP contribution in [0.15, 0.2) is 40.6 Å². The van der Waals surface area contributed by atoms with Gasteiger partial charge in [0.15, 0.2) is 0 Å². The molecule has 0 bridgehead atoms. The quantitative estimate of drug-likeness (QED) is 0.714. The maximum atomic E-state index is 14.3. The minimum atomic E-state index is -3.77. The number of carbonyl (C=O) groups is 1. The number of thiophene rings is 1. The molecule has 0 radical (unpaired) electrons. The predicted octanol–water partition coefficient (Wildman–Crippen LogP) is 3.75. The third-order valence-electron chi connectivity index (χ3n) is 4.37. The number of sulfonamides is 1. The van der Waals surface area contributed by atoms with Crippen molar-refractivity contribution in [2.45, 2.75) is 31.7 Å². The van der Waals surface area contributed by atoms with Gasteiger partial charge in [0, 0.05) is 25.0 Å². The van der Waals surface area contributed by atoms with Gasteiger partial charge in [-0.25, -0.2) is 12.8 Å². The summed E-state index contributed by atoms with van der Waals surface area (Å²) < 4.78 is 40.9. The van der Waals surface area contributed by atoms with Crippen molar-refractivity contribution in [3.63, 3.8) is 0 Å². The number of benzene rings is 1. The summed E-state index contributed by atoms with van der Waals surface area (Å²) in [5.41, 5.74) is -0.246. The lowest BCUT2D eigenvalue weighted by molar-refractivity contribution is 0.0740. The smallest absolute Gasteiger partial charge is 0.257 e. The summed E-state index contributed by atoms with van der Waals surface area (Å²) in [4.78, 5) is 15.1. The van der Waals surface area contributed by atoms with Crippen molar-refractivity contribution in [1.29, 1.82) is 0 Å². The van der Waals surface area contributed by atoms with Crippen molar-refractivity contribution in [3.8, 4) is 0 Å². The Labute approximate surface area is 158 Å². The lowest BCUT2D eigenvalue weighted by Crippen LogP contribution is -2.32. The maximum absolute atomic E-state index is 14.3. The molecule has 1 amide bonds. The third-order valence-corrected chi connectivity index (χ3v) is 7.46. The second-order valence-corrected chi connectivity index (χ2v) is 8.76. The maximum Gasteiger partial charge on any atom is 0.257 e. The number of rotatable bonds is 7. The van der Waals surface area contributed by atoms with E-state index in [9.17, 15) is 17.6 Å². The molecular formula is C18H23FN2O3S2. The van der Waals surface area contributed by atoms with Gasteiger partial charge < -0.3 is 4.90 Å². The lowest BCUT2D eigenvalue weighted by atomic mass is 10.1. The SMILES string of the molecule is CCN(CC)S(=O)(=O)c1ccc(F)c(C(=O)N(C)C(C)c2cccs2)c1. The van der Waals surface area contributed by atoms with Gasteiger partial charge in [0.25, 0.3) is 5.91 Å². The molecule has 0 N–H and O–H groups in total. The van der Waals surface area contributed by atoms with Gasteiger partial charge in [0.1, 0.15) is 5.82 Å². The van der Waals surface area contributed by atoms with E-state index < -0.39 is 21.7 Å². The highest BCUT2D eigenvalue weighted by molar-refractivity contribution is 7.89. The number of amides is 1. The number of hydrogen-bond acceptors (Lipinski definition) is 4. The summed E-state index contributed by atoms with van der Waals surface area (Å²) in [5.74, 6) is -1.29. The van der Waals surface area contributed by atoms with Crippen molar-refractivity contribution in [2.75, 3.05) is 20.1 Å². The number of carbonyl (C=O) groups excluding carboxylic acids is 1. The first-order valence-electron chi connectivity index (χ1n) is 8.34. The Hall–Kier alpha value is -1.77. The standard InChI is InChI=1S/C18H23FN2O3S2/c1-5-21(6-2)26(23,24)14-9-10-16(19)15(12-14)18(22)20(4)13(3)17-8-7-11-25-17/h7-13H,5-6H2,1-4H3. The second kappa shape index (κ2) is 8.28. The van der Waals surface area contributed by atoms with Crippen LogP contribution in [0.2, 0.25) is 0 Å². The molecule has 26 heavy (non-hydrogen) atoms. The minimum absolute atomic E-state index is 0.0804. The summed E-state index contributed by atoms with van der Waals surface area (Å²) in [5, 5.41) is 1.90. The lowest BCUT2D eigenvalue weighted by Gasteiger charge is -2.25. The van der Waals surface area contributed by atoms with E-state index in [0.717, 1.165) is 17.0 Å². The first-order chi connectivity index (χ1) is 12.2. The second-order valence-electron chi connectivity index (χ2n) is 5.84. The highest BCUT2D eigenvalue weighted by atomic mass is 32.2. The molecule has 2 rings (SSSR count). The van der Waals surface area contributed by atoms with Gasteiger partial charge in [0.05, 0.1) is 16.5 Å². The number of halogens is 1. The molecule has 1 unspecified atom stereocenters. The van der Waals surface area contributed by atoms with Crippen LogP contribution in [0.4, 0.5) is 4.39 Å². The van der Waals surface area contributed by atoms with Gasteiger partial charge in [-0.15, -0.1) is 11.3 Å². The van der Waals surface area contributed by atoms with Gasteiger partial charge in [-0.05, 0) is 36.6 Å². The van der Waals surface area contributed by atoms with Crippen LogP contribution in [0.1, 0.15) is 42.0 Å². The highest BCUT2D eigenvalue weighted by Gasteiger charge is 2.27. The van der Waals surface area contributed by atoms with Gasteiger partial charge in [0.2, 0.25) is 10.0 Å². The van der Waals surface area contributed by atoms with Gasteiger partial charge in [-0.3, -0.25) is 4.79 Å². The average Bonchev–Trinajstić information content (AvgIpc) is 3.15. The Morgan fingerprint density at radius 3 is 2.42 bits per heavy atom. The summed E-state index contributed by atoms with van der Waals surface area (Å²) in [7, 11) is -2.18. The molecule has 0 spiro atoms. The third kappa shape index (κ3) is 3.97. The first-order valence-corrected chi connectivity index (χ1v) is 10.7. The molecule has 0 saturated heterocycles. The zero-order valence-corrected chi connectivity index (χ0v) is 16.9. The molecule has 0 fully saturated rings. The van der Waals surface area contributed by atoms with Crippen LogP contribution in [-0.2, 0) is 10.0 Å². The van der Waals surface area contributed by atoms with Gasteiger partial charge >= 0.3 is 0 Å². The molecule has 5 nitrogen and oxygen atoms in total. The molecule has 2 aromatic rings. The Balaban J connectivity index is 2.39. The van der Waals surface area contributed by atoms with Crippen molar-refractivity contribution in [1.82, 2.24) is 9.21 Å². The van der Waals surface area contributed by atoms with E-state index in [4.69, 9.17) is 0 Å². The van der Waals surface area contributed by atoms with Crippen LogP contribution >= 0.6 is 11.3 Å².